The third-order valence-corrected chi connectivity index (χ3v) is 4.91. The van der Waals surface area contributed by atoms with Gasteiger partial charge in [0.2, 0.25) is 0 Å². The van der Waals surface area contributed by atoms with Gasteiger partial charge < -0.3 is 11.5 Å². The maximum Gasteiger partial charge on any atom is 0.0314 e. The van der Waals surface area contributed by atoms with Crippen LogP contribution in [0.5, 0.6) is 0 Å². The lowest BCUT2D eigenvalue weighted by molar-refractivity contribution is 0.125. The molecule has 0 saturated heterocycles. The Balaban J connectivity index is 1.82. The first-order valence-corrected chi connectivity index (χ1v) is 7.29. The molecule has 0 aromatic heterocycles. The zero-order chi connectivity index (χ0) is 14.3. The highest BCUT2D eigenvalue weighted by Gasteiger charge is 2.46. The van der Waals surface area contributed by atoms with Gasteiger partial charge in [-0.2, -0.15) is 0 Å². The Hall–Kier alpha value is -1.96. The molecule has 2 aromatic rings. The number of benzene rings is 2. The molecule has 2 heteroatoms. The molecule has 20 heavy (non-hydrogen) atoms. The van der Waals surface area contributed by atoms with Crippen LogP contribution < -0.4 is 11.5 Å². The standard InChI is InChI=1S/C18H22N2/c1-11-17(13-3-7-15(19)8-4-13)12(2)18(11)14-5-9-16(20)10-6-14/h3-12,17-18H,19-20H2,1-2H3. The lowest BCUT2D eigenvalue weighted by atomic mass is 9.54. The summed E-state index contributed by atoms with van der Waals surface area (Å²) in [5.74, 6) is 2.55. The van der Waals surface area contributed by atoms with Gasteiger partial charge in [0.15, 0.2) is 0 Å². The minimum absolute atomic E-state index is 0.623. The molecule has 0 amide bonds. The average molecular weight is 266 g/mol. The van der Waals surface area contributed by atoms with Gasteiger partial charge in [-0.15, -0.1) is 0 Å². The molecule has 0 aliphatic heterocycles. The van der Waals surface area contributed by atoms with Crippen LogP contribution in [0.2, 0.25) is 0 Å². The Bertz CT molecular complexity index is 522. The Labute approximate surface area is 120 Å². The summed E-state index contributed by atoms with van der Waals surface area (Å²) < 4.78 is 0. The van der Waals surface area contributed by atoms with Crippen molar-refractivity contribution in [2.75, 3.05) is 11.5 Å². The van der Waals surface area contributed by atoms with Crippen LogP contribution in [0.15, 0.2) is 48.5 Å². The number of anilines is 2. The first kappa shape index (κ1) is 13.0. The van der Waals surface area contributed by atoms with Crippen molar-refractivity contribution >= 4 is 11.4 Å². The lowest BCUT2D eigenvalue weighted by Gasteiger charge is -2.50. The Morgan fingerprint density at radius 3 is 1.20 bits per heavy atom. The monoisotopic (exact) mass is 266 g/mol. The van der Waals surface area contributed by atoms with Crippen molar-refractivity contribution in [1.82, 2.24) is 0 Å². The second-order valence-corrected chi connectivity index (χ2v) is 6.10. The fourth-order valence-electron chi connectivity index (χ4n) is 3.91. The number of nitrogens with two attached hydrogens (primary N) is 2. The van der Waals surface area contributed by atoms with E-state index in [0.29, 0.717) is 23.7 Å². The largest absolute Gasteiger partial charge is 0.399 e. The molecule has 0 atom stereocenters. The highest BCUT2D eigenvalue weighted by molar-refractivity contribution is 5.44. The molecule has 1 aliphatic rings. The van der Waals surface area contributed by atoms with E-state index in [1.807, 2.05) is 24.3 Å². The van der Waals surface area contributed by atoms with E-state index in [1.54, 1.807) is 0 Å². The van der Waals surface area contributed by atoms with Crippen molar-refractivity contribution in [3.63, 3.8) is 0 Å². The molecule has 1 fully saturated rings. The quantitative estimate of drug-likeness (QED) is 0.807. The zero-order valence-corrected chi connectivity index (χ0v) is 12.1. The van der Waals surface area contributed by atoms with Crippen LogP contribution in [0, 0.1) is 11.8 Å². The molecular weight excluding hydrogens is 244 g/mol. The maximum absolute atomic E-state index is 5.78. The third-order valence-electron chi connectivity index (χ3n) is 4.91. The molecule has 2 nitrogen and oxygen atoms in total. The normalized spacial score (nSPS) is 28.9. The van der Waals surface area contributed by atoms with Gasteiger partial charge in [-0.05, 0) is 59.1 Å². The van der Waals surface area contributed by atoms with Crippen LogP contribution >= 0.6 is 0 Å². The smallest absolute Gasteiger partial charge is 0.0314 e. The summed E-state index contributed by atoms with van der Waals surface area (Å²) in [6.45, 7) is 4.70. The number of hydrogen-bond acceptors (Lipinski definition) is 2. The summed E-state index contributed by atoms with van der Waals surface area (Å²) in [6, 6.07) is 16.7. The van der Waals surface area contributed by atoms with Crippen LogP contribution in [0.1, 0.15) is 36.8 Å². The highest BCUT2D eigenvalue weighted by atomic mass is 14.6. The van der Waals surface area contributed by atoms with Gasteiger partial charge in [-0.25, -0.2) is 0 Å². The number of hydrogen-bond donors (Lipinski definition) is 2. The fraction of sp³-hybridized carbons (Fsp3) is 0.333. The molecule has 1 aliphatic carbocycles. The SMILES string of the molecule is CC1C(c2ccc(N)cc2)C(C)C1c1ccc(N)cc1. The molecule has 2 aromatic carbocycles. The molecule has 0 unspecified atom stereocenters. The van der Waals surface area contributed by atoms with E-state index >= 15 is 0 Å². The van der Waals surface area contributed by atoms with Crippen LogP contribution in [0.3, 0.4) is 0 Å². The summed E-state index contributed by atoms with van der Waals surface area (Å²) in [5.41, 5.74) is 16.0. The second kappa shape index (κ2) is 4.86. The molecule has 1 saturated carbocycles. The van der Waals surface area contributed by atoms with Crippen molar-refractivity contribution in [2.24, 2.45) is 11.8 Å². The summed E-state index contributed by atoms with van der Waals surface area (Å²) in [7, 11) is 0. The van der Waals surface area contributed by atoms with Crippen LogP contribution in [-0.2, 0) is 0 Å². The van der Waals surface area contributed by atoms with Gasteiger partial charge >= 0.3 is 0 Å². The molecular formula is C18H22N2. The van der Waals surface area contributed by atoms with Gasteiger partial charge in [0.05, 0.1) is 0 Å². The first-order chi connectivity index (χ1) is 9.58. The minimum atomic E-state index is 0.623. The minimum Gasteiger partial charge on any atom is -0.399 e. The molecule has 3 rings (SSSR count). The molecule has 0 heterocycles. The average Bonchev–Trinajstić information content (AvgIpc) is 2.44. The second-order valence-electron chi connectivity index (χ2n) is 6.10. The molecule has 0 radical (unpaired) electrons. The topological polar surface area (TPSA) is 52.0 Å². The third kappa shape index (κ3) is 2.05. The van der Waals surface area contributed by atoms with Gasteiger partial charge in [-0.1, -0.05) is 38.1 Å². The highest BCUT2D eigenvalue weighted by Crippen LogP contribution is 2.56. The summed E-state index contributed by atoms with van der Waals surface area (Å²) in [4.78, 5) is 0. The van der Waals surface area contributed by atoms with E-state index in [-0.39, 0.29) is 0 Å². The van der Waals surface area contributed by atoms with Crippen molar-refractivity contribution in [3.05, 3.63) is 59.7 Å². The predicted molar refractivity (Wildman–Crippen MR) is 85.5 cm³/mol. The summed E-state index contributed by atoms with van der Waals surface area (Å²) in [5, 5.41) is 0. The lowest BCUT2D eigenvalue weighted by Crippen LogP contribution is -2.39. The summed E-state index contributed by atoms with van der Waals surface area (Å²) >= 11 is 0. The summed E-state index contributed by atoms with van der Waals surface area (Å²) in [6.07, 6.45) is 0. The number of nitrogen functional groups attached to an aromatic ring is 2. The van der Waals surface area contributed by atoms with Crippen molar-refractivity contribution in [2.45, 2.75) is 25.7 Å². The van der Waals surface area contributed by atoms with Crippen LogP contribution in [-0.4, -0.2) is 0 Å². The molecule has 4 N–H and O–H groups in total. The van der Waals surface area contributed by atoms with Gasteiger partial charge in [-0.3, -0.25) is 0 Å². The van der Waals surface area contributed by atoms with Crippen molar-refractivity contribution in [1.29, 1.82) is 0 Å². The Kier molecular flexibility index (Phi) is 3.17. The fourth-order valence-corrected chi connectivity index (χ4v) is 3.91. The van der Waals surface area contributed by atoms with E-state index < -0.39 is 0 Å². The van der Waals surface area contributed by atoms with E-state index in [0.717, 1.165) is 11.4 Å². The van der Waals surface area contributed by atoms with Crippen LogP contribution in [0.4, 0.5) is 11.4 Å². The van der Waals surface area contributed by atoms with E-state index in [2.05, 4.69) is 38.1 Å². The number of rotatable bonds is 2. The van der Waals surface area contributed by atoms with E-state index in [4.69, 9.17) is 11.5 Å². The molecule has 0 spiro atoms. The van der Waals surface area contributed by atoms with E-state index in [9.17, 15) is 0 Å². The Morgan fingerprint density at radius 1 is 0.600 bits per heavy atom. The van der Waals surface area contributed by atoms with Crippen molar-refractivity contribution < 1.29 is 0 Å². The van der Waals surface area contributed by atoms with Crippen LogP contribution in [0.25, 0.3) is 0 Å². The van der Waals surface area contributed by atoms with Gasteiger partial charge in [0.1, 0.15) is 0 Å². The maximum atomic E-state index is 5.78. The Morgan fingerprint density at radius 2 is 0.900 bits per heavy atom. The first-order valence-electron chi connectivity index (χ1n) is 7.29. The van der Waals surface area contributed by atoms with Gasteiger partial charge in [0, 0.05) is 11.4 Å². The van der Waals surface area contributed by atoms with Crippen molar-refractivity contribution in [3.8, 4) is 0 Å². The molecule has 104 valence electrons. The molecule has 0 bridgehead atoms. The zero-order valence-electron chi connectivity index (χ0n) is 12.1. The van der Waals surface area contributed by atoms with E-state index in [1.165, 1.54) is 11.1 Å². The van der Waals surface area contributed by atoms with Gasteiger partial charge in [0.25, 0.3) is 0 Å². The predicted octanol–water partition coefficient (Wildman–Crippen LogP) is 4.00.